The second-order valence-electron chi connectivity index (χ2n) is 3.92. The molecule has 0 aromatic heterocycles. The predicted molar refractivity (Wildman–Crippen MR) is 57.9 cm³/mol. The number of nitrogens with two attached hydrogens (primary N) is 2. The first kappa shape index (κ1) is 15.7. The summed E-state index contributed by atoms with van der Waals surface area (Å²) in [6, 6.07) is 0. The number of unbranched alkanes of at least 4 members (excludes halogenated alkanes) is 1. The van der Waals surface area contributed by atoms with E-state index in [1.54, 1.807) is 13.8 Å². The van der Waals surface area contributed by atoms with Crippen molar-refractivity contribution in [2.24, 2.45) is 16.9 Å². The molecule has 0 spiro atoms. The molecule has 0 aliphatic carbocycles. The van der Waals surface area contributed by atoms with E-state index in [1.807, 2.05) is 0 Å². The maximum atomic E-state index is 10.9. The Hall–Kier alpha value is -0.770. The fraction of sp³-hybridized carbons (Fsp3) is 0.778. The third-order valence-electron chi connectivity index (χ3n) is 2.14. The highest BCUT2D eigenvalue weighted by atomic mass is 35.5. The maximum Gasteiger partial charge on any atom is 0.223 e. The monoisotopic (exact) mass is 222 g/mol. The van der Waals surface area contributed by atoms with Crippen LogP contribution in [0, 0.1) is 5.41 Å². The third-order valence-corrected chi connectivity index (χ3v) is 2.14. The van der Waals surface area contributed by atoms with Gasteiger partial charge in [0.1, 0.15) is 0 Å². The van der Waals surface area contributed by atoms with Crippen molar-refractivity contribution in [3.63, 3.8) is 0 Å². The number of rotatable bonds is 6. The summed E-state index contributed by atoms with van der Waals surface area (Å²) in [5.41, 5.74) is 9.68. The molecule has 0 saturated carbocycles. The first-order valence-electron chi connectivity index (χ1n) is 4.44. The van der Waals surface area contributed by atoms with Gasteiger partial charge in [0, 0.05) is 11.8 Å². The molecule has 0 radical (unpaired) electrons. The molecule has 0 aliphatic rings. The Bertz CT molecular complexity index is 205. The molecule has 0 fully saturated rings. The highest BCUT2D eigenvalue weighted by molar-refractivity contribution is 5.85. The molecule has 4 N–H and O–H groups in total. The Kier molecular flexibility index (Phi) is 7.45. The van der Waals surface area contributed by atoms with Crippen LogP contribution in [0.1, 0.15) is 39.5 Å². The van der Waals surface area contributed by atoms with Crippen LogP contribution < -0.4 is 11.5 Å². The van der Waals surface area contributed by atoms with Crippen molar-refractivity contribution in [2.75, 3.05) is 0 Å². The van der Waals surface area contributed by atoms with Gasteiger partial charge in [0.05, 0.1) is 0 Å². The minimum Gasteiger partial charge on any atom is -0.370 e. The number of carbonyl (C=O) groups excluding carboxylic acids is 2. The summed E-state index contributed by atoms with van der Waals surface area (Å²) in [6.45, 7) is 3.61. The van der Waals surface area contributed by atoms with Gasteiger partial charge in [-0.1, -0.05) is 20.3 Å². The molecule has 2 amide bonds. The normalized spacial score (nSPS) is 10.4. The van der Waals surface area contributed by atoms with Crippen LogP contribution in [0.2, 0.25) is 0 Å². The number of primary amides is 2. The van der Waals surface area contributed by atoms with Gasteiger partial charge in [-0.2, -0.15) is 0 Å². The van der Waals surface area contributed by atoms with Gasteiger partial charge >= 0.3 is 0 Å². The summed E-state index contributed by atoms with van der Waals surface area (Å²) < 4.78 is 0. The van der Waals surface area contributed by atoms with E-state index >= 15 is 0 Å². The van der Waals surface area contributed by atoms with E-state index in [9.17, 15) is 9.59 Å². The molecule has 84 valence electrons. The van der Waals surface area contributed by atoms with Gasteiger partial charge in [-0.25, -0.2) is 0 Å². The standard InChI is InChI=1S/C9H18N2O2.ClH/c1-9(2,8(11)13)6-4-3-5-7(10)12;/h3-6H2,1-2H3,(H2,10,12)(H2,11,13);1H. The molecule has 0 unspecified atom stereocenters. The molecule has 0 atom stereocenters. The van der Waals surface area contributed by atoms with Crippen LogP contribution in [-0.2, 0) is 9.59 Å². The Morgan fingerprint density at radius 2 is 1.64 bits per heavy atom. The van der Waals surface area contributed by atoms with E-state index in [0.29, 0.717) is 12.8 Å². The first-order valence-corrected chi connectivity index (χ1v) is 4.44. The minimum absolute atomic E-state index is 0. The molecule has 5 heteroatoms. The molecule has 0 aliphatic heterocycles. The quantitative estimate of drug-likeness (QED) is 0.656. The Balaban J connectivity index is 0. The van der Waals surface area contributed by atoms with Gasteiger partial charge < -0.3 is 11.5 Å². The van der Waals surface area contributed by atoms with Crippen molar-refractivity contribution in [1.82, 2.24) is 0 Å². The Morgan fingerprint density at radius 3 is 2.00 bits per heavy atom. The van der Waals surface area contributed by atoms with Crippen LogP contribution in [0.25, 0.3) is 0 Å². The zero-order valence-electron chi connectivity index (χ0n) is 8.71. The molecular formula is C9H19ClN2O2. The molecule has 0 heterocycles. The number of amides is 2. The van der Waals surface area contributed by atoms with Gasteiger partial charge in [-0.05, 0) is 12.8 Å². The van der Waals surface area contributed by atoms with Gasteiger partial charge in [-0.3, -0.25) is 9.59 Å². The van der Waals surface area contributed by atoms with E-state index in [2.05, 4.69) is 0 Å². The lowest BCUT2D eigenvalue weighted by molar-refractivity contribution is -0.126. The van der Waals surface area contributed by atoms with Crippen molar-refractivity contribution < 1.29 is 9.59 Å². The summed E-state index contributed by atoms with van der Waals surface area (Å²) in [5.74, 6) is -0.594. The van der Waals surface area contributed by atoms with Crippen molar-refractivity contribution in [3.8, 4) is 0 Å². The van der Waals surface area contributed by atoms with Crippen LogP contribution >= 0.6 is 12.4 Å². The van der Waals surface area contributed by atoms with E-state index in [4.69, 9.17) is 11.5 Å². The largest absolute Gasteiger partial charge is 0.370 e. The lowest BCUT2D eigenvalue weighted by Crippen LogP contribution is -2.31. The van der Waals surface area contributed by atoms with E-state index in [0.717, 1.165) is 12.8 Å². The molecule has 0 bridgehead atoms. The molecule has 4 nitrogen and oxygen atoms in total. The topological polar surface area (TPSA) is 86.2 Å². The third kappa shape index (κ3) is 6.71. The van der Waals surface area contributed by atoms with Crippen molar-refractivity contribution in [2.45, 2.75) is 39.5 Å². The van der Waals surface area contributed by atoms with E-state index in [1.165, 1.54) is 0 Å². The number of halogens is 1. The van der Waals surface area contributed by atoms with Gasteiger partial charge in [0.25, 0.3) is 0 Å². The average Bonchev–Trinajstić information content (AvgIpc) is 1.97. The van der Waals surface area contributed by atoms with Crippen molar-refractivity contribution >= 4 is 24.2 Å². The van der Waals surface area contributed by atoms with Crippen LogP contribution in [0.3, 0.4) is 0 Å². The van der Waals surface area contributed by atoms with E-state index < -0.39 is 5.41 Å². The molecule has 0 rings (SSSR count). The average molecular weight is 223 g/mol. The first-order chi connectivity index (χ1) is 5.86. The van der Waals surface area contributed by atoms with E-state index in [-0.39, 0.29) is 24.2 Å². The number of hydrogen-bond donors (Lipinski definition) is 2. The van der Waals surface area contributed by atoms with Crippen molar-refractivity contribution in [1.29, 1.82) is 0 Å². The predicted octanol–water partition coefficient (Wildman–Crippen LogP) is 0.965. The molecule has 0 aromatic carbocycles. The second-order valence-corrected chi connectivity index (χ2v) is 3.92. The zero-order chi connectivity index (χ0) is 10.5. The fourth-order valence-corrected chi connectivity index (χ4v) is 0.989. The van der Waals surface area contributed by atoms with Crippen molar-refractivity contribution in [3.05, 3.63) is 0 Å². The Labute approximate surface area is 90.8 Å². The number of carbonyl (C=O) groups is 2. The fourth-order valence-electron chi connectivity index (χ4n) is 0.989. The summed E-state index contributed by atoms with van der Waals surface area (Å²) in [7, 11) is 0. The highest BCUT2D eigenvalue weighted by Gasteiger charge is 2.23. The SMILES string of the molecule is CC(C)(CCCCC(N)=O)C(N)=O.Cl. The zero-order valence-corrected chi connectivity index (χ0v) is 9.52. The van der Waals surface area contributed by atoms with Gasteiger partial charge in [-0.15, -0.1) is 12.4 Å². The smallest absolute Gasteiger partial charge is 0.223 e. The second kappa shape index (κ2) is 6.65. The summed E-state index contributed by atoms with van der Waals surface area (Å²) in [5, 5.41) is 0. The number of hydrogen-bond acceptors (Lipinski definition) is 2. The summed E-state index contributed by atoms with van der Waals surface area (Å²) >= 11 is 0. The molecule has 0 saturated heterocycles. The van der Waals surface area contributed by atoms with Crippen LogP contribution in [0.5, 0.6) is 0 Å². The lowest BCUT2D eigenvalue weighted by atomic mass is 9.86. The van der Waals surface area contributed by atoms with Crippen LogP contribution in [0.4, 0.5) is 0 Å². The molecular weight excluding hydrogens is 204 g/mol. The highest BCUT2D eigenvalue weighted by Crippen LogP contribution is 2.22. The maximum absolute atomic E-state index is 10.9. The minimum atomic E-state index is -0.475. The molecule has 14 heavy (non-hydrogen) atoms. The Morgan fingerprint density at radius 1 is 1.14 bits per heavy atom. The van der Waals surface area contributed by atoms with Crippen LogP contribution in [-0.4, -0.2) is 11.8 Å². The van der Waals surface area contributed by atoms with Gasteiger partial charge in [0.2, 0.25) is 11.8 Å². The molecule has 0 aromatic rings. The van der Waals surface area contributed by atoms with Crippen LogP contribution in [0.15, 0.2) is 0 Å². The summed E-state index contributed by atoms with van der Waals surface area (Å²) in [4.78, 5) is 21.3. The summed E-state index contributed by atoms with van der Waals surface area (Å²) in [6.07, 6.45) is 2.62. The van der Waals surface area contributed by atoms with Gasteiger partial charge in [0.15, 0.2) is 0 Å². The lowest BCUT2D eigenvalue weighted by Gasteiger charge is -2.19.